The smallest absolute Gasteiger partial charge is 0.243 e. The molecule has 0 spiro atoms. The van der Waals surface area contributed by atoms with Crippen LogP contribution in [0, 0.1) is 20.8 Å². The Morgan fingerprint density at radius 3 is 2.62 bits per heavy atom. The zero-order valence-electron chi connectivity index (χ0n) is 16.7. The molecular weight excluding hydrogens is 414 g/mol. The van der Waals surface area contributed by atoms with Gasteiger partial charge in [-0.15, -0.1) is 11.8 Å². The number of aromatic nitrogens is 1. The average Bonchev–Trinajstić information content (AvgIpc) is 3.02. The number of nitrogens with zero attached hydrogens (tertiary/aromatic N) is 2. The van der Waals surface area contributed by atoms with Gasteiger partial charge in [0, 0.05) is 30.1 Å². The third kappa shape index (κ3) is 5.19. The van der Waals surface area contributed by atoms with Crippen molar-refractivity contribution in [3.63, 3.8) is 0 Å². The predicted molar refractivity (Wildman–Crippen MR) is 112 cm³/mol. The van der Waals surface area contributed by atoms with Crippen LogP contribution in [0.2, 0.25) is 0 Å². The van der Waals surface area contributed by atoms with Crippen LogP contribution in [0.4, 0.5) is 5.69 Å². The maximum absolute atomic E-state index is 12.8. The summed E-state index contributed by atoms with van der Waals surface area (Å²) in [4.78, 5) is 12.5. The van der Waals surface area contributed by atoms with Crippen molar-refractivity contribution in [2.75, 3.05) is 37.4 Å². The lowest BCUT2D eigenvalue weighted by Gasteiger charge is -2.26. The highest BCUT2D eigenvalue weighted by Crippen LogP contribution is 2.24. The van der Waals surface area contributed by atoms with E-state index >= 15 is 0 Å². The van der Waals surface area contributed by atoms with Gasteiger partial charge in [-0.2, -0.15) is 4.31 Å². The minimum atomic E-state index is -3.61. The number of aryl methyl sites for hydroxylation is 3. The Morgan fingerprint density at radius 2 is 1.97 bits per heavy atom. The third-order valence-corrected chi connectivity index (χ3v) is 7.61. The Hall–Kier alpha value is -1.88. The van der Waals surface area contributed by atoms with Crippen molar-refractivity contribution in [2.24, 2.45) is 0 Å². The van der Waals surface area contributed by atoms with E-state index in [4.69, 9.17) is 9.26 Å². The van der Waals surface area contributed by atoms with Crippen molar-refractivity contribution >= 4 is 33.4 Å². The molecule has 1 aromatic heterocycles. The lowest BCUT2D eigenvalue weighted by Crippen LogP contribution is -2.40. The summed E-state index contributed by atoms with van der Waals surface area (Å²) in [6, 6.07) is 4.80. The number of nitrogens with one attached hydrogen (secondary N) is 1. The van der Waals surface area contributed by atoms with Crippen molar-refractivity contribution in [2.45, 2.75) is 31.4 Å². The molecule has 3 rings (SSSR count). The zero-order valence-corrected chi connectivity index (χ0v) is 18.4. The fourth-order valence-electron chi connectivity index (χ4n) is 2.97. The molecule has 1 saturated heterocycles. The van der Waals surface area contributed by atoms with Gasteiger partial charge in [-0.05, 0) is 38.5 Å². The molecule has 0 atom stereocenters. The number of benzene rings is 1. The Kier molecular flexibility index (Phi) is 6.99. The summed E-state index contributed by atoms with van der Waals surface area (Å²) >= 11 is 1.45. The first-order valence-corrected chi connectivity index (χ1v) is 11.9. The number of thioether (sulfide) groups is 1. The highest BCUT2D eigenvalue weighted by Gasteiger charge is 2.26. The first-order valence-electron chi connectivity index (χ1n) is 9.27. The van der Waals surface area contributed by atoms with E-state index in [1.54, 1.807) is 12.1 Å². The molecule has 1 amide bonds. The first-order chi connectivity index (χ1) is 13.8. The zero-order chi connectivity index (χ0) is 21.0. The number of carbonyl (C=O) groups is 1. The molecule has 0 bridgehead atoms. The molecule has 1 aliphatic rings. The molecule has 1 aromatic carbocycles. The van der Waals surface area contributed by atoms with Gasteiger partial charge in [0.1, 0.15) is 5.76 Å². The highest BCUT2D eigenvalue weighted by molar-refractivity contribution is 7.99. The second-order valence-corrected chi connectivity index (χ2v) is 9.76. The van der Waals surface area contributed by atoms with Crippen LogP contribution in [0.5, 0.6) is 0 Å². The Labute approximate surface area is 175 Å². The molecule has 1 fully saturated rings. The summed E-state index contributed by atoms with van der Waals surface area (Å²) in [5, 5.41) is 6.74. The summed E-state index contributed by atoms with van der Waals surface area (Å²) in [5.74, 6) is 1.43. The van der Waals surface area contributed by atoms with Gasteiger partial charge in [-0.1, -0.05) is 11.2 Å². The summed E-state index contributed by atoms with van der Waals surface area (Å²) in [7, 11) is -3.61. The Balaban J connectivity index is 1.64. The van der Waals surface area contributed by atoms with Gasteiger partial charge in [-0.25, -0.2) is 8.42 Å². The number of hydrogen-bond acceptors (Lipinski definition) is 7. The largest absolute Gasteiger partial charge is 0.379 e. The number of anilines is 1. The number of hydrogen-bond donors (Lipinski definition) is 1. The van der Waals surface area contributed by atoms with Crippen LogP contribution in [0.3, 0.4) is 0 Å². The van der Waals surface area contributed by atoms with Crippen LogP contribution in [-0.2, 0) is 25.3 Å². The molecule has 29 heavy (non-hydrogen) atoms. The minimum Gasteiger partial charge on any atom is -0.379 e. The van der Waals surface area contributed by atoms with Gasteiger partial charge in [0.25, 0.3) is 0 Å². The van der Waals surface area contributed by atoms with Crippen molar-refractivity contribution in [3.05, 3.63) is 40.8 Å². The van der Waals surface area contributed by atoms with Crippen LogP contribution in [-0.4, -0.2) is 55.8 Å². The normalized spacial score (nSPS) is 15.4. The van der Waals surface area contributed by atoms with E-state index in [0.29, 0.717) is 37.7 Å². The maximum atomic E-state index is 12.8. The molecular formula is C19H25N3O5S2. The molecule has 1 N–H and O–H groups in total. The summed E-state index contributed by atoms with van der Waals surface area (Å²) in [6.07, 6.45) is 0. The quantitative estimate of drug-likeness (QED) is 0.707. The van der Waals surface area contributed by atoms with Gasteiger partial charge in [0.2, 0.25) is 15.9 Å². The van der Waals surface area contributed by atoms with Gasteiger partial charge in [0.05, 0.1) is 29.6 Å². The Bertz CT molecular complexity index is 962. The van der Waals surface area contributed by atoms with Crippen molar-refractivity contribution in [1.82, 2.24) is 9.46 Å². The van der Waals surface area contributed by atoms with Crippen LogP contribution in [0.1, 0.15) is 22.6 Å². The summed E-state index contributed by atoms with van der Waals surface area (Å²) in [6.45, 7) is 6.98. The summed E-state index contributed by atoms with van der Waals surface area (Å²) in [5.41, 5.74) is 3.13. The molecule has 0 radical (unpaired) electrons. The predicted octanol–water partition coefficient (Wildman–Crippen LogP) is 2.49. The van der Waals surface area contributed by atoms with E-state index in [1.165, 1.54) is 22.1 Å². The van der Waals surface area contributed by atoms with E-state index in [0.717, 1.165) is 22.6 Å². The SMILES string of the molecule is Cc1ccc(S(=O)(=O)N2CCOCC2)cc1NC(=O)CSCc1c(C)noc1C. The number of amides is 1. The summed E-state index contributed by atoms with van der Waals surface area (Å²) < 4.78 is 37.5. The maximum Gasteiger partial charge on any atom is 0.243 e. The first kappa shape index (κ1) is 21.8. The van der Waals surface area contributed by atoms with Gasteiger partial charge in [-0.3, -0.25) is 4.79 Å². The molecule has 0 aliphatic carbocycles. The number of ether oxygens (including phenoxy) is 1. The van der Waals surface area contributed by atoms with Crippen molar-refractivity contribution in [3.8, 4) is 0 Å². The Morgan fingerprint density at radius 1 is 1.24 bits per heavy atom. The fourth-order valence-corrected chi connectivity index (χ4v) is 5.38. The monoisotopic (exact) mass is 439 g/mol. The third-order valence-electron chi connectivity index (χ3n) is 4.75. The van der Waals surface area contributed by atoms with Crippen molar-refractivity contribution < 1.29 is 22.5 Å². The molecule has 0 saturated carbocycles. The molecule has 8 nitrogen and oxygen atoms in total. The second-order valence-electron chi connectivity index (χ2n) is 6.84. The fraction of sp³-hybridized carbons (Fsp3) is 0.474. The second kappa shape index (κ2) is 9.29. The van der Waals surface area contributed by atoms with Crippen molar-refractivity contribution in [1.29, 1.82) is 0 Å². The van der Waals surface area contributed by atoms with E-state index in [-0.39, 0.29) is 16.6 Å². The average molecular weight is 440 g/mol. The van der Waals surface area contributed by atoms with Crippen LogP contribution in [0.25, 0.3) is 0 Å². The topological polar surface area (TPSA) is 102 Å². The van der Waals surface area contributed by atoms with Crippen LogP contribution >= 0.6 is 11.8 Å². The van der Waals surface area contributed by atoms with Gasteiger partial charge >= 0.3 is 0 Å². The molecule has 158 valence electrons. The molecule has 0 unspecified atom stereocenters. The molecule has 1 aliphatic heterocycles. The van der Waals surface area contributed by atoms with E-state index in [9.17, 15) is 13.2 Å². The van der Waals surface area contributed by atoms with E-state index in [1.807, 2.05) is 20.8 Å². The van der Waals surface area contributed by atoms with E-state index < -0.39 is 10.0 Å². The molecule has 2 heterocycles. The minimum absolute atomic E-state index is 0.170. The molecule has 2 aromatic rings. The van der Waals surface area contributed by atoms with Crippen LogP contribution < -0.4 is 5.32 Å². The van der Waals surface area contributed by atoms with Gasteiger partial charge < -0.3 is 14.6 Å². The highest BCUT2D eigenvalue weighted by atomic mass is 32.2. The van der Waals surface area contributed by atoms with Crippen LogP contribution in [0.15, 0.2) is 27.6 Å². The standard InChI is InChI=1S/C19H25N3O5S2/c1-13-4-5-16(29(24,25)22-6-8-26-9-7-22)10-18(13)20-19(23)12-28-11-17-14(2)21-27-15(17)3/h4-5,10H,6-9,11-12H2,1-3H3,(H,20,23). The number of morpholine rings is 1. The van der Waals surface area contributed by atoms with E-state index in [2.05, 4.69) is 10.5 Å². The lowest BCUT2D eigenvalue weighted by atomic mass is 10.2. The number of rotatable bonds is 7. The number of sulfonamides is 1. The molecule has 10 heteroatoms. The number of carbonyl (C=O) groups excluding carboxylic acids is 1. The lowest BCUT2D eigenvalue weighted by molar-refractivity contribution is -0.113. The van der Waals surface area contributed by atoms with Gasteiger partial charge in [0.15, 0.2) is 0 Å².